The first-order valence-electron chi connectivity index (χ1n) is 14.2. The molecule has 4 heterocycles. The number of benzene rings is 2. The number of nitrogens with one attached hydrogen (secondary N) is 2. The van der Waals surface area contributed by atoms with E-state index < -0.39 is 0 Å². The summed E-state index contributed by atoms with van der Waals surface area (Å²) in [5.74, 6) is 1.72. The van der Waals surface area contributed by atoms with Gasteiger partial charge in [0.15, 0.2) is 0 Å². The quantitative estimate of drug-likeness (QED) is 0.282. The van der Waals surface area contributed by atoms with Gasteiger partial charge in [-0.3, -0.25) is 9.69 Å². The van der Waals surface area contributed by atoms with E-state index in [0.29, 0.717) is 19.0 Å². The largest absolute Gasteiger partial charge is 0.480 e. The predicted molar refractivity (Wildman–Crippen MR) is 156 cm³/mol. The van der Waals surface area contributed by atoms with E-state index in [0.717, 1.165) is 69.2 Å². The van der Waals surface area contributed by atoms with Gasteiger partial charge in [0.25, 0.3) is 0 Å². The van der Waals surface area contributed by atoms with Crippen molar-refractivity contribution in [2.75, 3.05) is 33.3 Å². The molecule has 41 heavy (non-hydrogen) atoms. The Balaban J connectivity index is 1.21. The van der Waals surface area contributed by atoms with E-state index in [4.69, 9.17) is 14.7 Å². The van der Waals surface area contributed by atoms with Crippen molar-refractivity contribution >= 4 is 27.7 Å². The summed E-state index contributed by atoms with van der Waals surface area (Å²) in [6, 6.07) is 14.4. The minimum Gasteiger partial charge on any atom is -0.480 e. The summed E-state index contributed by atoms with van der Waals surface area (Å²) >= 11 is 0. The number of piperazine rings is 1. The number of aromatic amines is 2. The molecule has 0 bridgehead atoms. The van der Waals surface area contributed by atoms with Gasteiger partial charge in [-0.25, -0.2) is 14.4 Å². The number of imidazole rings is 1. The molecular weight excluding hydrogens is 519 g/mol. The third-order valence-electron chi connectivity index (χ3n) is 8.49. The molecule has 2 N–H and O–H groups in total. The molecule has 210 valence electrons. The Labute approximate surface area is 237 Å². The number of para-hydroxylation sites is 1. The van der Waals surface area contributed by atoms with Crippen molar-refractivity contribution in [2.45, 2.75) is 32.2 Å². The molecule has 8 nitrogen and oxygen atoms in total. The lowest BCUT2D eigenvalue weighted by atomic mass is 10.0. The molecule has 2 aromatic carbocycles. The fourth-order valence-corrected chi connectivity index (χ4v) is 6.13. The number of ether oxygens (including phenoxy) is 1. The molecule has 0 spiro atoms. The van der Waals surface area contributed by atoms with Gasteiger partial charge in [-0.15, -0.1) is 0 Å². The van der Waals surface area contributed by atoms with Gasteiger partial charge in [-0.1, -0.05) is 18.2 Å². The van der Waals surface area contributed by atoms with Crippen molar-refractivity contribution in [3.63, 3.8) is 0 Å². The third kappa shape index (κ3) is 4.95. The van der Waals surface area contributed by atoms with Crippen molar-refractivity contribution in [1.82, 2.24) is 29.7 Å². The van der Waals surface area contributed by atoms with Crippen LogP contribution in [0.5, 0.6) is 5.88 Å². The molecule has 1 saturated carbocycles. The van der Waals surface area contributed by atoms with Crippen molar-refractivity contribution in [2.24, 2.45) is 5.92 Å². The molecule has 1 saturated heterocycles. The zero-order valence-corrected chi connectivity index (χ0v) is 23.3. The van der Waals surface area contributed by atoms with Gasteiger partial charge in [0, 0.05) is 48.2 Å². The molecule has 0 radical (unpaired) electrons. The van der Waals surface area contributed by atoms with Gasteiger partial charge < -0.3 is 19.6 Å². The Kier molecular flexibility index (Phi) is 6.46. The molecule has 1 aliphatic heterocycles. The lowest BCUT2D eigenvalue weighted by Gasteiger charge is -2.40. The summed E-state index contributed by atoms with van der Waals surface area (Å²) in [6.45, 7) is 5.15. The summed E-state index contributed by atoms with van der Waals surface area (Å²) in [4.78, 5) is 34.6. The number of methoxy groups -OCH3 is 1. The second kappa shape index (κ2) is 10.3. The molecular formula is C32H33FN6O2. The fraction of sp³-hybridized carbons (Fsp3) is 0.344. The minimum atomic E-state index is -0.307. The molecule has 1 aliphatic carbocycles. The zero-order valence-electron chi connectivity index (χ0n) is 23.3. The van der Waals surface area contributed by atoms with Crippen LogP contribution in [0.4, 0.5) is 4.39 Å². The number of halogens is 1. The number of carbonyl (C=O) groups excluding carboxylic acids is 1. The molecule has 9 heteroatoms. The van der Waals surface area contributed by atoms with Crippen LogP contribution in [0.3, 0.4) is 0 Å². The number of nitrogens with zero attached hydrogens (tertiary/aromatic N) is 4. The Morgan fingerprint density at radius 3 is 2.80 bits per heavy atom. The Morgan fingerprint density at radius 1 is 1.12 bits per heavy atom. The van der Waals surface area contributed by atoms with Gasteiger partial charge in [-0.05, 0) is 61.6 Å². The highest BCUT2D eigenvalue weighted by molar-refractivity contribution is 5.90. The molecule has 2 fully saturated rings. The van der Waals surface area contributed by atoms with Crippen LogP contribution in [0.25, 0.3) is 33.1 Å². The number of amides is 1. The van der Waals surface area contributed by atoms with Crippen LogP contribution in [0.1, 0.15) is 36.0 Å². The number of pyridine rings is 1. The lowest BCUT2D eigenvalue weighted by molar-refractivity contribution is -0.136. The maximum Gasteiger partial charge on any atom is 0.227 e. The molecule has 1 amide bonds. The second-order valence-electron chi connectivity index (χ2n) is 11.3. The average Bonchev–Trinajstić information content (AvgIpc) is 3.56. The van der Waals surface area contributed by atoms with Crippen LogP contribution in [-0.4, -0.2) is 68.9 Å². The first-order valence-corrected chi connectivity index (χ1v) is 14.2. The molecule has 2 aliphatic rings. The number of carbonyl (C=O) groups is 1. The lowest BCUT2D eigenvalue weighted by Crippen LogP contribution is -2.51. The van der Waals surface area contributed by atoms with E-state index in [-0.39, 0.29) is 24.2 Å². The van der Waals surface area contributed by atoms with Crippen LogP contribution in [0, 0.1) is 18.7 Å². The van der Waals surface area contributed by atoms with Gasteiger partial charge in [0.1, 0.15) is 17.7 Å². The average molecular weight is 553 g/mol. The molecule has 5 aromatic rings. The predicted octanol–water partition coefficient (Wildman–Crippen LogP) is 5.40. The SMILES string of the molecule is COc1nc2ccccc2cc1-c1cnc(C2CN(CC3CC3)CCN2C(=O)Cc2c(C)[nH]c3ccc(F)cc23)[nH]1. The minimum absolute atomic E-state index is 0.0113. The number of aromatic nitrogens is 4. The van der Waals surface area contributed by atoms with Crippen LogP contribution in [0.15, 0.2) is 54.7 Å². The van der Waals surface area contributed by atoms with Crippen LogP contribution >= 0.6 is 0 Å². The standard InChI is InChI=1S/C32H33FN6O2/c1-19-23(24-14-22(33)9-10-27(24)35-19)15-30(40)39-12-11-38(17-20-7-8-20)18-29(39)31-34-16-28(36-31)25-13-21-5-3-4-6-26(21)37-32(25)41-2/h3-6,9-10,13-14,16,20,29,35H,7-8,11-12,15,17-18H2,1-2H3,(H,34,36). The fourth-order valence-electron chi connectivity index (χ4n) is 6.13. The summed E-state index contributed by atoms with van der Waals surface area (Å²) in [5, 5.41) is 1.77. The first-order chi connectivity index (χ1) is 20.0. The Hall–Kier alpha value is -4.24. The monoisotopic (exact) mass is 552 g/mol. The van der Waals surface area contributed by atoms with E-state index in [1.54, 1.807) is 19.4 Å². The third-order valence-corrected chi connectivity index (χ3v) is 8.49. The highest BCUT2D eigenvalue weighted by atomic mass is 19.1. The number of hydrogen-bond acceptors (Lipinski definition) is 5. The van der Waals surface area contributed by atoms with Crippen molar-refractivity contribution in [3.8, 4) is 17.1 Å². The topological polar surface area (TPSA) is 90.1 Å². The van der Waals surface area contributed by atoms with E-state index >= 15 is 0 Å². The van der Waals surface area contributed by atoms with Crippen LogP contribution in [-0.2, 0) is 11.2 Å². The van der Waals surface area contributed by atoms with Gasteiger partial charge in [0.2, 0.25) is 11.8 Å². The number of hydrogen-bond donors (Lipinski definition) is 2. The van der Waals surface area contributed by atoms with Crippen LogP contribution in [0.2, 0.25) is 0 Å². The van der Waals surface area contributed by atoms with Crippen molar-refractivity contribution in [3.05, 3.63) is 77.6 Å². The maximum absolute atomic E-state index is 14.1. The van der Waals surface area contributed by atoms with E-state index in [1.165, 1.54) is 25.0 Å². The van der Waals surface area contributed by atoms with Gasteiger partial charge in [-0.2, -0.15) is 0 Å². The van der Waals surface area contributed by atoms with Crippen molar-refractivity contribution in [1.29, 1.82) is 0 Å². The van der Waals surface area contributed by atoms with E-state index in [9.17, 15) is 9.18 Å². The van der Waals surface area contributed by atoms with Gasteiger partial charge in [0.05, 0.1) is 36.5 Å². The summed E-state index contributed by atoms with van der Waals surface area (Å²) in [7, 11) is 1.62. The highest BCUT2D eigenvalue weighted by Crippen LogP contribution is 2.35. The summed E-state index contributed by atoms with van der Waals surface area (Å²) < 4.78 is 19.7. The highest BCUT2D eigenvalue weighted by Gasteiger charge is 2.36. The molecule has 1 unspecified atom stereocenters. The smallest absolute Gasteiger partial charge is 0.227 e. The van der Waals surface area contributed by atoms with E-state index in [2.05, 4.69) is 20.9 Å². The first kappa shape index (κ1) is 25.7. The molecule has 3 aromatic heterocycles. The zero-order chi connectivity index (χ0) is 28.1. The number of aryl methyl sites for hydroxylation is 1. The normalized spacial score (nSPS) is 17.9. The number of H-pyrrole nitrogens is 2. The molecule has 7 rings (SSSR count). The summed E-state index contributed by atoms with van der Waals surface area (Å²) in [5.41, 5.74) is 5.05. The van der Waals surface area contributed by atoms with Crippen LogP contribution < -0.4 is 4.74 Å². The second-order valence-corrected chi connectivity index (χ2v) is 11.3. The number of fused-ring (bicyclic) bond motifs is 2. The van der Waals surface area contributed by atoms with E-state index in [1.807, 2.05) is 36.1 Å². The Bertz CT molecular complexity index is 1760. The number of rotatable bonds is 7. The maximum atomic E-state index is 14.1. The van der Waals surface area contributed by atoms with Gasteiger partial charge >= 0.3 is 0 Å². The Morgan fingerprint density at radius 2 is 1.98 bits per heavy atom. The van der Waals surface area contributed by atoms with Crippen molar-refractivity contribution < 1.29 is 13.9 Å². The molecule has 1 atom stereocenters. The summed E-state index contributed by atoms with van der Waals surface area (Å²) in [6.07, 6.45) is 4.56.